The summed E-state index contributed by atoms with van der Waals surface area (Å²) in [5, 5.41) is 0. The maximum atomic E-state index is 5.45. The summed E-state index contributed by atoms with van der Waals surface area (Å²) in [6, 6.07) is 15.8. The van der Waals surface area contributed by atoms with Gasteiger partial charge >= 0.3 is 0 Å². The summed E-state index contributed by atoms with van der Waals surface area (Å²) in [6.07, 6.45) is 12.3. The molecule has 1 heterocycles. The number of nitrogens with zero attached hydrogens (tertiary/aromatic N) is 3. The normalized spacial score (nSPS) is 15.7. The number of unbranched alkanes of at least 4 members (excludes halogenated alkanes) is 1. The molecule has 0 fully saturated rings. The number of rotatable bonds is 9. The molecule has 3 nitrogen and oxygen atoms in total. The topological polar surface area (TPSA) is 37.6 Å². The van der Waals surface area contributed by atoms with Gasteiger partial charge in [-0.2, -0.15) is 0 Å². The minimum absolute atomic E-state index is 0. The summed E-state index contributed by atoms with van der Waals surface area (Å²) in [4.78, 5) is 16.3. The Morgan fingerprint density at radius 1 is 0.596 bits per heavy atom. The molecule has 0 N–H and O–H groups in total. The van der Waals surface area contributed by atoms with Crippen LogP contribution < -0.4 is 0 Å². The Kier molecular flexibility index (Phi) is 14.6. The van der Waals surface area contributed by atoms with E-state index in [2.05, 4.69) is 111 Å². The third-order valence-electron chi connectivity index (χ3n) is 9.20. The molecule has 0 amide bonds. The van der Waals surface area contributed by atoms with E-state index in [9.17, 15) is 0 Å². The second kappa shape index (κ2) is 17.9. The van der Waals surface area contributed by atoms with Crippen LogP contribution in [0.3, 0.4) is 0 Å². The Morgan fingerprint density at radius 2 is 0.936 bits per heavy atom. The molecule has 0 bridgehead atoms. The van der Waals surface area contributed by atoms with Gasteiger partial charge in [0.25, 0.3) is 0 Å². The number of benzene rings is 2. The molecule has 47 heavy (non-hydrogen) atoms. The number of allylic oxidation sites excluding steroid dienone is 2. The average Bonchev–Trinajstić information content (AvgIpc) is 3.03. The van der Waals surface area contributed by atoms with Crippen LogP contribution in [0.2, 0.25) is 0 Å². The first-order chi connectivity index (χ1) is 22.1. The fourth-order valence-corrected chi connectivity index (χ4v) is 6.62. The van der Waals surface area contributed by atoms with Crippen molar-refractivity contribution in [1.82, 2.24) is 4.98 Å². The van der Waals surface area contributed by atoms with Crippen molar-refractivity contribution < 1.29 is 17.1 Å². The van der Waals surface area contributed by atoms with Crippen LogP contribution in [0.1, 0.15) is 162 Å². The third-order valence-corrected chi connectivity index (χ3v) is 9.20. The van der Waals surface area contributed by atoms with Gasteiger partial charge in [0.15, 0.2) is 0 Å². The minimum atomic E-state index is 0. The maximum absolute atomic E-state index is 5.45. The zero-order valence-electron chi connectivity index (χ0n) is 30.3. The summed E-state index contributed by atoms with van der Waals surface area (Å²) in [5.41, 5.74) is 14.9. The van der Waals surface area contributed by atoms with E-state index in [1.807, 2.05) is 12.2 Å². The largest absolute Gasteiger partial charge is 0.251 e. The number of aliphatic imine (C=N–C) groups is 2. The second-order valence-corrected chi connectivity index (χ2v) is 14.2. The van der Waals surface area contributed by atoms with Crippen LogP contribution in [-0.2, 0) is 29.9 Å². The molecule has 252 valence electrons. The molecule has 5 rings (SSSR count). The van der Waals surface area contributed by atoms with E-state index < -0.39 is 0 Å². The molecular weight excluding hydrogens is 614 g/mol. The number of hydrogen-bond donors (Lipinski definition) is 0. The average molecular weight is 672 g/mol. The smallest absolute Gasteiger partial charge is 0.0884 e. The molecule has 2 aliphatic carbocycles. The third kappa shape index (κ3) is 9.30. The van der Waals surface area contributed by atoms with E-state index in [1.54, 1.807) is 0 Å². The summed E-state index contributed by atoms with van der Waals surface area (Å²) in [7, 11) is 0. The van der Waals surface area contributed by atoms with Crippen molar-refractivity contribution in [3.63, 3.8) is 0 Å². The van der Waals surface area contributed by atoms with Crippen LogP contribution in [-0.4, -0.2) is 16.4 Å². The van der Waals surface area contributed by atoms with E-state index in [4.69, 9.17) is 15.0 Å². The van der Waals surface area contributed by atoms with Crippen molar-refractivity contribution in [2.24, 2.45) is 9.98 Å². The van der Waals surface area contributed by atoms with Crippen molar-refractivity contribution in [2.75, 3.05) is 0 Å². The molecule has 3 aromatic rings. The molecule has 1 aromatic heterocycles. The van der Waals surface area contributed by atoms with Gasteiger partial charge in [0.05, 0.1) is 34.2 Å². The fraction of sp³-hybridized carbons (Fsp3) is 0.465. The van der Waals surface area contributed by atoms with Crippen LogP contribution in [0.25, 0.3) is 0 Å². The molecule has 4 heteroatoms. The van der Waals surface area contributed by atoms with Gasteiger partial charge in [-0.1, -0.05) is 110 Å². The Labute approximate surface area is 296 Å². The molecule has 2 aliphatic rings. The Hall–Kier alpha value is -3.07. The number of fused-ring (bicyclic) bond motifs is 2. The van der Waals surface area contributed by atoms with Crippen LogP contribution in [0, 0.1) is 0 Å². The maximum Gasteiger partial charge on any atom is 0.0884 e. The molecule has 0 saturated heterocycles. The zero-order valence-corrected chi connectivity index (χ0v) is 31.4. The Morgan fingerprint density at radius 3 is 1.23 bits per heavy atom. The van der Waals surface area contributed by atoms with Gasteiger partial charge in [0.1, 0.15) is 0 Å². The molecular formula is C43H57FeN3. The predicted octanol–water partition coefficient (Wildman–Crippen LogP) is 12.6. The van der Waals surface area contributed by atoms with Gasteiger partial charge in [-0.05, 0) is 108 Å². The molecule has 0 atom stereocenters. The van der Waals surface area contributed by atoms with Crippen LogP contribution in [0.15, 0.2) is 77.8 Å². The van der Waals surface area contributed by atoms with Gasteiger partial charge in [-0.3, -0.25) is 9.98 Å². The Bertz CT molecular complexity index is 1420. The number of hydrogen-bond acceptors (Lipinski definition) is 3. The van der Waals surface area contributed by atoms with Crippen LogP contribution in [0.4, 0.5) is 11.4 Å². The molecule has 0 aliphatic heterocycles. The number of pyridine rings is 1. The van der Waals surface area contributed by atoms with Crippen LogP contribution >= 0.6 is 0 Å². The summed E-state index contributed by atoms with van der Waals surface area (Å²) in [6.45, 7) is 25.3. The first kappa shape index (κ1) is 38.4. The van der Waals surface area contributed by atoms with Gasteiger partial charge in [0, 0.05) is 17.1 Å². The van der Waals surface area contributed by atoms with Gasteiger partial charge < -0.3 is 0 Å². The zero-order chi connectivity index (χ0) is 33.4. The SMILES string of the molecule is C=CCCC=C.CC(C)c1cccc(C(C)C)c1N=C1CCCc2cc3c(nc21)C(=Nc1c(C(C)C)cccc1C(C)C)CCC3.[Fe]. The molecule has 0 unspecified atom stereocenters. The quantitative estimate of drug-likeness (QED) is 0.127. The minimum Gasteiger partial charge on any atom is -0.251 e. The van der Waals surface area contributed by atoms with Gasteiger partial charge in [0.2, 0.25) is 0 Å². The van der Waals surface area contributed by atoms with Crippen molar-refractivity contribution in [3.8, 4) is 0 Å². The fourth-order valence-electron chi connectivity index (χ4n) is 6.62. The van der Waals surface area contributed by atoms with Crippen molar-refractivity contribution in [1.29, 1.82) is 0 Å². The van der Waals surface area contributed by atoms with E-state index in [0.717, 1.165) is 85.6 Å². The monoisotopic (exact) mass is 671 g/mol. The number of para-hydroxylation sites is 2. The number of aromatic nitrogens is 1. The molecule has 2 aromatic carbocycles. The van der Waals surface area contributed by atoms with Crippen molar-refractivity contribution in [3.05, 3.63) is 113 Å². The van der Waals surface area contributed by atoms with E-state index in [-0.39, 0.29) is 17.1 Å². The number of aryl methyl sites for hydroxylation is 2. The molecule has 0 radical (unpaired) electrons. The summed E-state index contributed by atoms with van der Waals surface area (Å²) in [5.74, 6) is 1.69. The predicted molar refractivity (Wildman–Crippen MR) is 201 cm³/mol. The van der Waals surface area contributed by atoms with E-state index >= 15 is 0 Å². The van der Waals surface area contributed by atoms with Crippen molar-refractivity contribution >= 4 is 22.8 Å². The van der Waals surface area contributed by atoms with Crippen molar-refractivity contribution in [2.45, 2.75) is 130 Å². The van der Waals surface area contributed by atoms with Gasteiger partial charge in [-0.25, -0.2) is 4.98 Å². The second-order valence-electron chi connectivity index (χ2n) is 14.2. The van der Waals surface area contributed by atoms with Gasteiger partial charge in [-0.15, -0.1) is 13.2 Å². The molecule has 0 saturated carbocycles. The Balaban J connectivity index is 0.000000785. The standard InChI is InChI=1S/C37H47N3.C6H10.Fe/c1-22(2)28-15-11-16-29(23(3)4)36(28)38-32-19-9-13-26-21-27-14-10-20-33(35(27)40-34(26)32)39-37-30(24(5)6)17-12-18-31(37)25(7)8;1-3-5-6-4-2;/h11-12,15-18,21-25H,9-10,13-14,19-20H2,1-8H3;3-4H,1-2,5-6H2;. The first-order valence-corrected chi connectivity index (χ1v) is 17.7. The summed E-state index contributed by atoms with van der Waals surface area (Å²) < 4.78 is 0. The van der Waals surface area contributed by atoms with E-state index in [1.165, 1.54) is 33.4 Å². The first-order valence-electron chi connectivity index (χ1n) is 17.7. The summed E-state index contributed by atoms with van der Waals surface area (Å²) >= 11 is 0. The molecule has 0 spiro atoms. The van der Waals surface area contributed by atoms with E-state index in [0.29, 0.717) is 23.7 Å². The van der Waals surface area contributed by atoms with Crippen LogP contribution in [0.5, 0.6) is 0 Å².